The van der Waals surface area contributed by atoms with E-state index in [0.29, 0.717) is 0 Å². The molecule has 0 bridgehead atoms. The van der Waals surface area contributed by atoms with Crippen LogP contribution in [0.5, 0.6) is 5.75 Å². The molecule has 0 atom stereocenters. The number of rotatable bonds is 6. The molecule has 0 aliphatic heterocycles. The van der Waals surface area contributed by atoms with E-state index in [1.54, 1.807) is 7.05 Å². The summed E-state index contributed by atoms with van der Waals surface area (Å²) in [5.41, 5.74) is 0.641. The van der Waals surface area contributed by atoms with Crippen LogP contribution in [-0.4, -0.2) is 30.1 Å². The van der Waals surface area contributed by atoms with Gasteiger partial charge in [-0.25, -0.2) is 0 Å². The molecule has 7 nitrogen and oxygen atoms in total. The summed E-state index contributed by atoms with van der Waals surface area (Å²) in [5, 5.41) is 2.38. The van der Waals surface area contributed by atoms with E-state index >= 15 is 0 Å². The summed E-state index contributed by atoms with van der Waals surface area (Å²) in [6.45, 7) is -0.0141. The predicted molar refractivity (Wildman–Crippen MR) is 86.8 cm³/mol. The highest BCUT2D eigenvalue weighted by Crippen LogP contribution is 2.09. The SMILES string of the molecule is COC(=O)CNC(=O)c1cc(=O)c(OCc2ccccc2)cn1C. The van der Waals surface area contributed by atoms with Crippen LogP contribution in [0.25, 0.3) is 0 Å². The van der Waals surface area contributed by atoms with Crippen LogP contribution in [-0.2, 0) is 23.2 Å². The molecule has 1 amide bonds. The number of hydrogen-bond donors (Lipinski definition) is 1. The maximum Gasteiger partial charge on any atom is 0.325 e. The number of aryl methyl sites for hydroxylation is 1. The molecule has 126 valence electrons. The molecule has 0 radical (unpaired) electrons. The fourth-order valence-electron chi connectivity index (χ4n) is 1.99. The number of carbonyl (C=O) groups is 2. The van der Waals surface area contributed by atoms with Gasteiger partial charge in [-0.3, -0.25) is 14.4 Å². The first-order valence-electron chi connectivity index (χ1n) is 7.23. The predicted octanol–water partition coefficient (Wildman–Crippen LogP) is 0.867. The molecule has 0 fully saturated rings. The number of esters is 1. The lowest BCUT2D eigenvalue weighted by Gasteiger charge is -2.11. The largest absolute Gasteiger partial charge is 0.483 e. The van der Waals surface area contributed by atoms with E-state index in [4.69, 9.17) is 4.74 Å². The maximum atomic E-state index is 12.1. The second-order valence-electron chi connectivity index (χ2n) is 5.03. The number of nitrogens with one attached hydrogen (secondary N) is 1. The third kappa shape index (κ3) is 4.45. The normalized spacial score (nSPS) is 10.1. The van der Waals surface area contributed by atoms with Gasteiger partial charge >= 0.3 is 5.97 Å². The van der Waals surface area contributed by atoms with Crippen molar-refractivity contribution < 1.29 is 19.1 Å². The van der Waals surface area contributed by atoms with Crippen LogP contribution >= 0.6 is 0 Å². The number of benzene rings is 1. The standard InChI is InChI=1S/C17H18N2O5/c1-19-10-15(24-11-12-6-4-3-5-7-12)14(20)8-13(19)17(22)18-9-16(21)23-2/h3-8,10H,9,11H2,1-2H3,(H,18,22). The van der Waals surface area contributed by atoms with Crippen molar-refractivity contribution in [3.05, 3.63) is 64.1 Å². The fourth-order valence-corrected chi connectivity index (χ4v) is 1.99. The average molecular weight is 330 g/mol. The topological polar surface area (TPSA) is 86.6 Å². The Labute approximate surface area is 138 Å². The second-order valence-corrected chi connectivity index (χ2v) is 5.03. The lowest BCUT2D eigenvalue weighted by molar-refractivity contribution is -0.139. The number of pyridine rings is 1. The van der Waals surface area contributed by atoms with E-state index in [9.17, 15) is 14.4 Å². The second kappa shape index (κ2) is 7.96. The molecule has 0 spiro atoms. The van der Waals surface area contributed by atoms with Crippen molar-refractivity contribution in [2.75, 3.05) is 13.7 Å². The van der Waals surface area contributed by atoms with Crippen molar-refractivity contribution in [2.24, 2.45) is 7.05 Å². The van der Waals surface area contributed by atoms with Gasteiger partial charge in [0, 0.05) is 13.1 Å². The zero-order valence-electron chi connectivity index (χ0n) is 13.4. The zero-order valence-corrected chi connectivity index (χ0v) is 13.4. The molecular formula is C17H18N2O5. The van der Waals surface area contributed by atoms with Crippen molar-refractivity contribution in [3.8, 4) is 5.75 Å². The highest BCUT2D eigenvalue weighted by Gasteiger charge is 2.14. The van der Waals surface area contributed by atoms with Crippen LogP contribution in [0.3, 0.4) is 0 Å². The molecule has 2 rings (SSSR count). The summed E-state index contributed by atoms with van der Waals surface area (Å²) in [7, 11) is 2.84. The van der Waals surface area contributed by atoms with Gasteiger partial charge in [0.15, 0.2) is 5.75 Å². The number of hydrogen-bond acceptors (Lipinski definition) is 5. The summed E-state index contributed by atoms with van der Waals surface area (Å²) in [4.78, 5) is 35.2. The molecule has 1 aromatic heterocycles. The zero-order chi connectivity index (χ0) is 17.5. The van der Waals surface area contributed by atoms with Gasteiger partial charge < -0.3 is 19.4 Å². The van der Waals surface area contributed by atoms with Gasteiger partial charge in [0.1, 0.15) is 18.8 Å². The van der Waals surface area contributed by atoms with Gasteiger partial charge in [-0.2, -0.15) is 0 Å². The minimum atomic E-state index is -0.573. The summed E-state index contributed by atoms with van der Waals surface area (Å²) in [6, 6.07) is 10.6. The Morgan fingerprint density at radius 1 is 1.21 bits per heavy atom. The molecular weight excluding hydrogens is 312 g/mol. The molecule has 0 saturated heterocycles. The Bertz CT molecular complexity index is 783. The smallest absolute Gasteiger partial charge is 0.325 e. The first-order valence-corrected chi connectivity index (χ1v) is 7.23. The van der Waals surface area contributed by atoms with Gasteiger partial charge in [-0.15, -0.1) is 0 Å². The van der Waals surface area contributed by atoms with Crippen molar-refractivity contribution >= 4 is 11.9 Å². The summed E-state index contributed by atoms with van der Waals surface area (Å²) in [5.74, 6) is -0.975. The van der Waals surface area contributed by atoms with Crippen LogP contribution in [0, 0.1) is 0 Å². The molecule has 0 unspecified atom stereocenters. The highest BCUT2D eigenvalue weighted by atomic mass is 16.5. The molecule has 1 N–H and O–H groups in total. The number of nitrogens with zero attached hydrogens (tertiary/aromatic N) is 1. The average Bonchev–Trinajstić information content (AvgIpc) is 2.60. The monoisotopic (exact) mass is 330 g/mol. The van der Waals surface area contributed by atoms with Gasteiger partial charge in [-0.1, -0.05) is 30.3 Å². The van der Waals surface area contributed by atoms with E-state index in [1.807, 2.05) is 30.3 Å². The minimum absolute atomic E-state index is 0.121. The molecule has 1 heterocycles. The number of ether oxygens (including phenoxy) is 2. The van der Waals surface area contributed by atoms with Crippen LogP contribution in [0.4, 0.5) is 0 Å². The number of carbonyl (C=O) groups excluding carboxylic acids is 2. The van der Waals surface area contributed by atoms with Crippen LogP contribution in [0.2, 0.25) is 0 Å². The van der Waals surface area contributed by atoms with Crippen molar-refractivity contribution in [1.82, 2.24) is 9.88 Å². The molecule has 1 aromatic carbocycles. The molecule has 2 aromatic rings. The van der Waals surface area contributed by atoms with Crippen LogP contribution < -0.4 is 15.5 Å². The van der Waals surface area contributed by atoms with E-state index in [0.717, 1.165) is 5.56 Å². The molecule has 7 heteroatoms. The highest BCUT2D eigenvalue weighted by molar-refractivity contribution is 5.94. The van der Waals surface area contributed by atoms with Gasteiger partial charge in [-0.05, 0) is 5.56 Å². The van der Waals surface area contributed by atoms with Gasteiger partial charge in [0.2, 0.25) is 5.43 Å². The minimum Gasteiger partial charge on any atom is -0.483 e. The Balaban J connectivity index is 2.09. The fraction of sp³-hybridized carbons (Fsp3) is 0.235. The Hall–Kier alpha value is -3.09. The molecule has 0 aliphatic carbocycles. The first-order chi connectivity index (χ1) is 11.5. The third-order valence-corrected chi connectivity index (χ3v) is 3.29. The van der Waals surface area contributed by atoms with Crippen LogP contribution in [0.15, 0.2) is 47.4 Å². The Kier molecular flexibility index (Phi) is 5.73. The van der Waals surface area contributed by atoms with E-state index in [2.05, 4.69) is 10.1 Å². The summed E-state index contributed by atoms with van der Waals surface area (Å²) in [6.07, 6.45) is 1.44. The van der Waals surface area contributed by atoms with E-state index in [1.165, 1.54) is 23.9 Å². The quantitative estimate of drug-likeness (QED) is 0.794. The molecule has 0 aliphatic rings. The number of aromatic nitrogens is 1. The van der Waals surface area contributed by atoms with Crippen molar-refractivity contribution in [2.45, 2.75) is 6.61 Å². The summed E-state index contributed by atoms with van der Waals surface area (Å²) < 4.78 is 11.4. The number of methoxy groups -OCH3 is 1. The van der Waals surface area contributed by atoms with Crippen molar-refractivity contribution in [3.63, 3.8) is 0 Å². The van der Waals surface area contributed by atoms with E-state index < -0.39 is 17.3 Å². The Morgan fingerprint density at radius 3 is 2.58 bits per heavy atom. The van der Waals surface area contributed by atoms with Crippen LogP contribution in [0.1, 0.15) is 16.1 Å². The van der Waals surface area contributed by atoms with Gasteiger partial charge in [0.05, 0.1) is 13.3 Å². The van der Waals surface area contributed by atoms with Gasteiger partial charge in [0.25, 0.3) is 5.91 Å². The summed E-state index contributed by atoms with van der Waals surface area (Å²) >= 11 is 0. The first kappa shape index (κ1) is 17.3. The lowest BCUT2D eigenvalue weighted by atomic mass is 10.2. The lowest BCUT2D eigenvalue weighted by Crippen LogP contribution is -2.32. The molecule has 24 heavy (non-hydrogen) atoms. The van der Waals surface area contributed by atoms with Crippen molar-refractivity contribution in [1.29, 1.82) is 0 Å². The number of amides is 1. The molecule has 0 saturated carbocycles. The third-order valence-electron chi connectivity index (χ3n) is 3.29. The van der Waals surface area contributed by atoms with E-state index in [-0.39, 0.29) is 24.6 Å². The maximum absolute atomic E-state index is 12.1. The Morgan fingerprint density at radius 2 is 1.92 bits per heavy atom.